The number of piperidine rings is 2. The Labute approximate surface area is 162 Å². The summed E-state index contributed by atoms with van der Waals surface area (Å²) in [5, 5.41) is 3.02. The highest BCUT2D eigenvalue weighted by Gasteiger charge is 2.54. The van der Waals surface area contributed by atoms with Crippen LogP contribution in [-0.4, -0.2) is 55.1 Å². The number of ether oxygens (including phenoxy) is 1. The van der Waals surface area contributed by atoms with E-state index in [1.54, 1.807) is 0 Å². The van der Waals surface area contributed by atoms with Crippen LogP contribution in [0.3, 0.4) is 0 Å². The SMILES string of the molecule is NCCCCNC(=O)CC1CC(=O)OC2C1CC1CCCN3CCCC2C13. The Balaban J connectivity index is 1.43. The number of nitrogens with zero attached hydrogens (tertiary/aromatic N) is 1. The van der Waals surface area contributed by atoms with Gasteiger partial charge in [0.1, 0.15) is 6.10 Å². The van der Waals surface area contributed by atoms with Gasteiger partial charge in [-0.15, -0.1) is 0 Å². The second kappa shape index (κ2) is 8.48. The van der Waals surface area contributed by atoms with Gasteiger partial charge in [0.25, 0.3) is 0 Å². The molecule has 6 nitrogen and oxygen atoms in total. The molecule has 3 aliphatic heterocycles. The van der Waals surface area contributed by atoms with Gasteiger partial charge in [0.05, 0.1) is 0 Å². The number of hydrogen-bond acceptors (Lipinski definition) is 5. The number of esters is 1. The molecule has 0 bridgehead atoms. The molecule has 0 spiro atoms. The zero-order valence-corrected chi connectivity index (χ0v) is 16.4. The molecule has 0 radical (unpaired) electrons. The quantitative estimate of drug-likeness (QED) is 0.543. The van der Waals surface area contributed by atoms with Crippen molar-refractivity contribution in [1.82, 2.24) is 10.2 Å². The Hall–Kier alpha value is -1.14. The van der Waals surface area contributed by atoms with Gasteiger partial charge in [-0.3, -0.25) is 14.5 Å². The summed E-state index contributed by atoms with van der Waals surface area (Å²) in [5.41, 5.74) is 5.51. The van der Waals surface area contributed by atoms with Gasteiger partial charge in [-0.2, -0.15) is 0 Å². The number of nitrogens with one attached hydrogen (secondary N) is 1. The van der Waals surface area contributed by atoms with E-state index >= 15 is 0 Å². The maximum Gasteiger partial charge on any atom is 0.306 e. The molecule has 0 aromatic heterocycles. The molecule has 1 saturated carbocycles. The predicted octanol–water partition coefficient (Wildman–Crippen LogP) is 1.67. The second-order valence-electron chi connectivity index (χ2n) is 9.10. The smallest absolute Gasteiger partial charge is 0.306 e. The van der Waals surface area contributed by atoms with Crippen LogP contribution in [0.1, 0.15) is 57.8 Å². The number of nitrogens with two attached hydrogens (primary N) is 1. The number of fused-ring (bicyclic) bond motifs is 2. The average molecular weight is 378 g/mol. The summed E-state index contributed by atoms with van der Waals surface area (Å²) in [5.74, 6) is 1.69. The zero-order valence-electron chi connectivity index (χ0n) is 16.4. The first-order chi connectivity index (χ1) is 13.2. The summed E-state index contributed by atoms with van der Waals surface area (Å²) in [6.07, 6.45) is 8.85. The lowest BCUT2D eigenvalue weighted by Crippen LogP contribution is -2.62. The van der Waals surface area contributed by atoms with Crippen LogP contribution in [0.5, 0.6) is 0 Å². The summed E-state index contributed by atoms with van der Waals surface area (Å²) < 4.78 is 5.94. The van der Waals surface area contributed by atoms with Gasteiger partial charge in [0.15, 0.2) is 0 Å². The first-order valence-corrected chi connectivity index (χ1v) is 11.1. The van der Waals surface area contributed by atoms with Crippen LogP contribution in [0.25, 0.3) is 0 Å². The molecule has 152 valence electrons. The summed E-state index contributed by atoms with van der Waals surface area (Å²) in [7, 11) is 0. The van der Waals surface area contributed by atoms with Crippen molar-refractivity contribution in [2.45, 2.75) is 69.9 Å². The molecule has 4 aliphatic rings. The fraction of sp³-hybridized carbons (Fsp3) is 0.905. The molecule has 4 rings (SSSR count). The van der Waals surface area contributed by atoms with Crippen LogP contribution in [-0.2, 0) is 14.3 Å². The molecule has 27 heavy (non-hydrogen) atoms. The maximum atomic E-state index is 12.4. The average Bonchev–Trinajstić information content (AvgIpc) is 2.66. The minimum Gasteiger partial charge on any atom is -0.462 e. The number of unbranched alkanes of at least 4 members (excludes halogenated alkanes) is 1. The molecule has 3 N–H and O–H groups in total. The highest BCUT2D eigenvalue weighted by Crippen LogP contribution is 2.51. The largest absolute Gasteiger partial charge is 0.462 e. The molecule has 0 aromatic carbocycles. The fourth-order valence-corrected chi connectivity index (χ4v) is 6.41. The Kier molecular flexibility index (Phi) is 6.02. The Morgan fingerprint density at radius 1 is 1.19 bits per heavy atom. The third-order valence-corrected chi connectivity index (χ3v) is 7.47. The highest BCUT2D eigenvalue weighted by molar-refractivity contribution is 5.78. The van der Waals surface area contributed by atoms with Crippen LogP contribution >= 0.6 is 0 Å². The summed E-state index contributed by atoms with van der Waals surface area (Å²) in [6.45, 7) is 3.76. The number of hydrogen-bond donors (Lipinski definition) is 2. The Morgan fingerprint density at radius 3 is 2.81 bits per heavy atom. The monoisotopic (exact) mass is 377 g/mol. The molecule has 6 heteroatoms. The number of rotatable bonds is 6. The molecule has 3 heterocycles. The molecule has 0 aromatic rings. The van der Waals surface area contributed by atoms with Crippen LogP contribution in [0.2, 0.25) is 0 Å². The van der Waals surface area contributed by atoms with E-state index in [-0.39, 0.29) is 23.9 Å². The lowest BCUT2D eigenvalue weighted by molar-refractivity contribution is -0.189. The summed E-state index contributed by atoms with van der Waals surface area (Å²) >= 11 is 0. The zero-order chi connectivity index (χ0) is 18.8. The molecule has 1 aliphatic carbocycles. The summed E-state index contributed by atoms with van der Waals surface area (Å²) in [4.78, 5) is 27.5. The van der Waals surface area contributed by atoms with Gasteiger partial charge in [-0.1, -0.05) is 0 Å². The molecule has 6 atom stereocenters. The lowest BCUT2D eigenvalue weighted by Gasteiger charge is -2.57. The minimum atomic E-state index is -0.0939. The minimum absolute atomic E-state index is 0.0310. The van der Waals surface area contributed by atoms with Gasteiger partial charge in [-0.05, 0) is 76.4 Å². The molecule has 1 amide bonds. The Bertz CT molecular complexity index is 553. The maximum absolute atomic E-state index is 12.4. The second-order valence-corrected chi connectivity index (χ2v) is 9.10. The fourth-order valence-electron chi connectivity index (χ4n) is 6.41. The first-order valence-electron chi connectivity index (χ1n) is 11.1. The van der Waals surface area contributed by atoms with E-state index in [0.29, 0.717) is 43.8 Å². The van der Waals surface area contributed by atoms with Crippen LogP contribution in [0.4, 0.5) is 0 Å². The molecule has 6 unspecified atom stereocenters. The summed E-state index contributed by atoms with van der Waals surface area (Å²) in [6, 6.07) is 0.602. The number of amides is 1. The highest BCUT2D eigenvalue weighted by atomic mass is 16.5. The van der Waals surface area contributed by atoms with Crippen LogP contribution < -0.4 is 11.1 Å². The van der Waals surface area contributed by atoms with Crippen molar-refractivity contribution in [3.05, 3.63) is 0 Å². The van der Waals surface area contributed by atoms with Crippen LogP contribution in [0.15, 0.2) is 0 Å². The van der Waals surface area contributed by atoms with Crippen molar-refractivity contribution >= 4 is 11.9 Å². The van der Waals surface area contributed by atoms with E-state index in [2.05, 4.69) is 10.2 Å². The van der Waals surface area contributed by atoms with Gasteiger partial charge in [0.2, 0.25) is 5.91 Å². The number of carbonyl (C=O) groups excluding carboxylic acids is 2. The van der Waals surface area contributed by atoms with E-state index in [9.17, 15) is 9.59 Å². The van der Waals surface area contributed by atoms with Gasteiger partial charge < -0.3 is 15.8 Å². The Morgan fingerprint density at radius 2 is 2.00 bits per heavy atom. The molecular formula is C21H35N3O3. The van der Waals surface area contributed by atoms with E-state index in [1.165, 1.54) is 38.8 Å². The third kappa shape index (κ3) is 4.02. The van der Waals surface area contributed by atoms with Crippen molar-refractivity contribution < 1.29 is 14.3 Å². The molecule has 3 saturated heterocycles. The third-order valence-electron chi connectivity index (χ3n) is 7.47. The van der Waals surface area contributed by atoms with Gasteiger partial charge in [-0.25, -0.2) is 0 Å². The number of carbonyl (C=O) groups is 2. The van der Waals surface area contributed by atoms with E-state index in [4.69, 9.17) is 10.5 Å². The van der Waals surface area contributed by atoms with Crippen molar-refractivity contribution in [3.63, 3.8) is 0 Å². The van der Waals surface area contributed by atoms with Crippen LogP contribution in [0, 0.1) is 23.7 Å². The predicted molar refractivity (Wildman–Crippen MR) is 103 cm³/mol. The normalized spacial score (nSPS) is 38.5. The lowest BCUT2D eigenvalue weighted by atomic mass is 9.59. The van der Waals surface area contributed by atoms with Crippen molar-refractivity contribution in [2.75, 3.05) is 26.2 Å². The van der Waals surface area contributed by atoms with E-state index in [0.717, 1.165) is 25.2 Å². The molecule has 4 fully saturated rings. The van der Waals surface area contributed by atoms with Gasteiger partial charge in [0, 0.05) is 37.3 Å². The standard InChI is InChI=1S/C21H35N3O3/c22-7-1-2-8-23-18(25)12-15-13-19(26)27-21-16-6-4-10-24-9-3-5-14(20(16)24)11-17(15)21/h14-17,20-21H,1-13,22H2,(H,23,25). The first kappa shape index (κ1) is 19.2. The van der Waals surface area contributed by atoms with Crippen molar-refractivity contribution in [2.24, 2.45) is 29.4 Å². The van der Waals surface area contributed by atoms with E-state index in [1.807, 2.05) is 0 Å². The topological polar surface area (TPSA) is 84.7 Å². The van der Waals surface area contributed by atoms with Gasteiger partial charge >= 0.3 is 5.97 Å². The van der Waals surface area contributed by atoms with Crippen molar-refractivity contribution in [3.8, 4) is 0 Å². The van der Waals surface area contributed by atoms with Crippen molar-refractivity contribution in [1.29, 1.82) is 0 Å². The molecular weight excluding hydrogens is 342 g/mol. The van der Waals surface area contributed by atoms with E-state index < -0.39 is 0 Å².